The van der Waals surface area contributed by atoms with Crippen LogP contribution in [0.1, 0.15) is 19.8 Å². The Labute approximate surface area is 95.7 Å². The maximum atomic E-state index is 5.78. The maximum absolute atomic E-state index is 5.78. The average molecular weight is 215 g/mol. The van der Waals surface area contributed by atoms with Crippen LogP contribution in [-0.2, 0) is 0 Å². The number of fused-ring (bicyclic) bond motifs is 1. The number of nitrogens with one attached hydrogen (secondary N) is 1. The molecule has 0 aliphatic heterocycles. The fourth-order valence-electron chi connectivity index (χ4n) is 1.74. The lowest BCUT2D eigenvalue weighted by molar-refractivity contribution is 0.832. The molecule has 0 amide bonds. The number of anilines is 2. The summed E-state index contributed by atoms with van der Waals surface area (Å²) in [4.78, 5) is 4.34. The lowest BCUT2D eigenvalue weighted by atomic mass is 10.1. The Morgan fingerprint density at radius 3 is 2.94 bits per heavy atom. The number of rotatable bonds is 4. The summed E-state index contributed by atoms with van der Waals surface area (Å²) >= 11 is 0. The minimum absolute atomic E-state index is 0.567. The van der Waals surface area contributed by atoms with Gasteiger partial charge in [0, 0.05) is 11.9 Å². The molecule has 16 heavy (non-hydrogen) atoms. The first kappa shape index (κ1) is 10.7. The number of benzene rings is 1. The largest absolute Gasteiger partial charge is 0.384 e. The van der Waals surface area contributed by atoms with E-state index in [1.165, 1.54) is 6.42 Å². The van der Waals surface area contributed by atoms with E-state index >= 15 is 0 Å². The number of hydrogen-bond donors (Lipinski definition) is 2. The van der Waals surface area contributed by atoms with E-state index in [-0.39, 0.29) is 0 Å². The lowest BCUT2D eigenvalue weighted by Gasteiger charge is -2.09. The molecular formula is C13H17N3. The summed E-state index contributed by atoms with van der Waals surface area (Å²) in [6.07, 6.45) is 2.32. The van der Waals surface area contributed by atoms with Crippen molar-refractivity contribution in [2.45, 2.75) is 19.8 Å². The molecule has 2 rings (SSSR count). The monoisotopic (exact) mass is 215 g/mol. The highest BCUT2D eigenvalue weighted by Gasteiger charge is 2.02. The highest BCUT2D eigenvalue weighted by molar-refractivity contribution is 5.93. The van der Waals surface area contributed by atoms with E-state index in [0.29, 0.717) is 5.82 Å². The second-order valence-corrected chi connectivity index (χ2v) is 3.90. The Morgan fingerprint density at radius 2 is 2.12 bits per heavy atom. The number of pyridine rings is 1. The highest BCUT2D eigenvalue weighted by Crippen LogP contribution is 2.23. The van der Waals surface area contributed by atoms with Gasteiger partial charge in [-0.1, -0.05) is 37.6 Å². The van der Waals surface area contributed by atoms with Crippen molar-refractivity contribution in [3.8, 4) is 0 Å². The van der Waals surface area contributed by atoms with Gasteiger partial charge in [-0.05, 0) is 17.9 Å². The van der Waals surface area contributed by atoms with E-state index < -0.39 is 0 Å². The van der Waals surface area contributed by atoms with E-state index in [9.17, 15) is 0 Å². The summed E-state index contributed by atoms with van der Waals surface area (Å²) in [6.45, 7) is 3.11. The van der Waals surface area contributed by atoms with Crippen molar-refractivity contribution in [2.75, 3.05) is 17.6 Å². The third-order valence-corrected chi connectivity index (χ3v) is 2.58. The number of nitrogens with zero attached hydrogens (tertiary/aromatic N) is 1. The number of nitrogens with two attached hydrogens (primary N) is 1. The molecule has 0 saturated heterocycles. The van der Waals surface area contributed by atoms with Crippen molar-refractivity contribution in [2.24, 2.45) is 0 Å². The number of aromatic nitrogens is 1. The summed E-state index contributed by atoms with van der Waals surface area (Å²) in [7, 11) is 0. The van der Waals surface area contributed by atoms with Gasteiger partial charge in [-0.15, -0.1) is 0 Å². The molecule has 1 aromatic heterocycles. The summed E-state index contributed by atoms with van der Waals surface area (Å²) < 4.78 is 0. The van der Waals surface area contributed by atoms with Crippen molar-refractivity contribution in [3.05, 3.63) is 30.3 Å². The first-order valence-corrected chi connectivity index (χ1v) is 5.70. The molecule has 1 aromatic carbocycles. The minimum Gasteiger partial charge on any atom is -0.384 e. The Hall–Kier alpha value is -1.77. The van der Waals surface area contributed by atoms with Gasteiger partial charge in [-0.2, -0.15) is 0 Å². The number of unbranched alkanes of at least 4 members (excludes halogenated alkanes) is 1. The molecule has 0 aliphatic rings. The fraction of sp³-hybridized carbons (Fsp3) is 0.308. The van der Waals surface area contributed by atoms with Crippen molar-refractivity contribution >= 4 is 22.4 Å². The van der Waals surface area contributed by atoms with Gasteiger partial charge in [0.1, 0.15) is 11.6 Å². The van der Waals surface area contributed by atoms with Crippen LogP contribution in [0.25, 0.3) is 10.8 Å². The van der Waals surface area contributed by atoms with Gasteiger partial charge in [0.2, 0.25) is 0 Å². The Morgan fingerprint density at radius 1 is 1.31 bits per heavy atom. The lowest BCUT2D eigenvalue weighted by Crippen LogP contribution is -2.04. The van der Waals surface area contributed by atoms with Gasteiger partial charge in [-0.25, -0.2) is 4.98 Å². The Bertz CT molecular complexity index is 480. The van der Waals surface area contributed by atoms with Crippen LogP contribution in [0.2, 0.25) is 0 Å². The molecule has 0 atom stereocenters. The van der Waals surface area contributed by atoms with Crippen molar-refractivity contribution in [1.82, 2.24) is 4.98 Å². The fourth-order valence-corrected chi connectivity index (χ4v) is 1.74. The Kier molecular flexibility index (Phi) is 3.25. The predicted octanol–water partition coefficient (Wildman–Crippen LogP) is 3.03. The molecule has 2 aromatic rings. The highest BCUT2D eigenvalue weighted by atomic mass is 15.0. The van der Waals surface area contributed by atoms with E-state index in [1.54, 1.807) is 0 Å². The van der Waals surface area contributed by atoms with E-state index in [4.69, 9.17) is 5.73 Å². The van der Waals surface area contributed by atoms with Gasteiger partial charge >= 0.3 is 0 Å². The molecule has 84 valence electrons. The standard InChI is InChI=1S/C13H17N3/c1-2-3-8-15-13-11-7-5-4-6-10(11)9-12(14)16-13/h4-7,9H,2-3,8H2,1H3,(H3,14,15,16). The van der Waals surface area contributed by atoms with Crippen LogP contribution >= 0.6 is 0 Å². The quantitative estimate of drug-likeness (QED) is 0.771. The second kappa shape index (κ2) is 4.84. The van der Waals surface area contributed by atoms with Crippen LogP contribution in [-0.4, -0.2) is 11.5 Å². The molecular weight excluding hydrogens is 198 g/mol. The van der Waals surface area contributed by atoms with Crippen molar-refractivity contribution < 1.29 is 0 Å². The van der Waals surface area contributed by atoms with Gasteiger partial charge in [0.05, 0.1) is 0 Å². The molecule has 0 fully saturated rings. The van der Waals surface area contributed by atoms with Crippen molar-refractivity contribution in [1.29, 1.82) is 0 Å². The molecule has 3 nitrogen and oxygen atoms in total. The molecule has 0 radical (unpaired) electrons. The summed E-state index contributed by atoms with van der Waals surface area (Å²) in [5, 5.41) is 5.60. The van der Waals surface area contributed by atoms with Crippen molar-refractivity contribution in [3.63, 3.8) is 0 Å². The van der Waals surface area contributed by atoms with Crippen LogP contribution in [0.4, 0.5) is 11.6 Å². The Balaban J connectivity index is 2.34. The molecule has 0 saturated carbocycles. The summed E-state index contributed by atoms with van der Waals surface area (Å²) in [6, 6.07) is 10.1. The SMILES string of the molecule is CCCCNc1nc(N)cc2ccccc12. The van der Waals surface area contributed by atoms with Gasteiger partial charge < -0.3 is 11.1 Å². The molecule has 0 bridgehead atoms. The first-order chi connectivity index (χ1) is 7.81. The van der Waals surface area contributed by atoms with Crippen LogP contribution in [0.3, 0.4) is 0 Å². The zero-order chi connectivity index (χ0) is 11.4. The smallest absolute Gasteiger partial charge is 0.136 e. The maximum Gasteiger partial charge on any atom is 0.136 e. The molecule has 1 heterocycles. The van der Waals surface area contributed by atoms with E-state index in [0.717, 1.165) is 29.6 Å². The zero-order valence-electron chi connectivity index (χ0n) is 9.53. The predicted molar refractivity (Wildman–Crippen MR) is 69.6 cm³/mol. The summed E-state index contributed by atoms with van der Waals surface area (Å²) in [5.41, 5.74) is 5.78. The normalized spacial score (nSPS) is 10.6. The first-order valence-electron chi connectivity index (χ1n) is 5.70. The van der Waals surface area contributed by atoms with Gasteiger partial charge in [0.25, 0.3) is 0 Å². The minimum atomic E-state index is 0.567. The topological polar surface area (TPSA) is 50.9 Å². The van der Waals surface area contributed by atoms with E-state index in [1.807, 2.05) is 18.2 Å². The molecule has 0 spiro atoms. The molecule has 3 heteroatoms. The molecule has 0 aliphatic carbocycles. The number of hydrogen-bond acceptors (Lipinski definition) is 3. The van der Waals surface area contributed by atoms with Crippen LogP contribution in [0.15, 0.2) is 30.3 Å². The third-order valence-electron chi connectivity index (χ3n) is 2.58. The number of nitrogen functional groups attached to an aromatic ring is 1. The van der Waals surface area contributed by atoms with Gasteiger partial charge in [-0.3, -0.25) is 0 Å². The van der Waals surface area contributed by atoms with Crippen LogP contribution in [0.5, 0.6) is 0 Å². The van der Waals surface area contributed by atoms with Gasteiger partial charge in [0.15, 0.2) is 0 Å². The summed E-state index contributed by atoms with van der Waals surface area (Å²) in [5.74, 6) is 1.46. The second-order valence-electron chi connectivity index (χ2n) is 3.90. The molecule has 3 N–H and O–H groups in total. The third kappa shape index (κ3) is 2.24. The average Bonchev–Trinajstić information content (AvgIpc) is 2.29. The molecule has 0 unspecified atom stereocenters. The van der Waals surface area contributed by atoms with E-state index in [2.05, 4.69) is 29.4 Å². The van der Waals surface area contributed by atoms with Crippen LogP contribution < -0.4 is 11.1 Å². The zero-order valence-corrected chi connectivity index (χ0v) is 9.53. The van der Waals surface area contributed by atoms with Crippen LogP contribution in [0, 0.1) is 0 Å².